The molecular weight excluding hydrogens is 224 g/mol. The molecular formula is C16H16O2. The van der Waals surface area contributed by atoms with Crippen molar-refractivity contribution in [1.29, 1.82) is 0 Å². The van der Waals surface area contributed by atoms with E-state index in [0.717, 1.165) is 19.3 Å². The second-order valence-electron chi connectivity index (χ2n) is 6.43. The fourth-order valence-electron chi connectivity index (χ4n) is 4.72. The first-order valence-corrected chi connectivity index (χ1v) is 6.79. The van der Waals surface area contributed by atoms with Crippen molar-refractivity contribution in [1.82, 2.24) is 0 Å². The van der Waals surface area contributed by atoms with Gasteiger partial charge in [0.05, 0.1) is 0 Å². The summed E-state index contributed by atoms with van der Waals surface area (Å²) in [7, 11) is 0. The largest absolute Gasteiger partial charge is 0.294 e. The highest BCUT2D eigenvalue weighted by Crippen LogP contribution is 2.63. The molecule has 2 fully saturated rings. The summed E-state index contributed by atoms with van der Waals surface area (Å²) in [4.78, 5) is 25.3. The number of rotatable bonds is 0. The number of hydrogen-bond acceptors (Lipinski definition) is 2. The van der Waals surface area contributed by atoms with Gasteiger partial charge in [0.25, 0.3) is 0 Å². The van der Waals surface area contributed by atoms with E-state index in [0.29, 0.717) is 17.0 Å². The number of carbonyl (C=O) groups excluding carboxylic acids is 2. The molecule has 0 radical (unpaired) electrons. The van der Waals surface area contributed by atoms with Crippen LogP contribution in [0.3, 0.4) is 0 Å². The van der Waals surface area contributed by atoms with Crippen molar-refractivity contribution in [3.05, 3.63) is 35.4 Å². The van der Waals surface area contributed by atoms with Crippen LogP contribution in [0.4, 0.5) is 0 Å². The fourth-order valence-corrected chi connectivity index (χ4v) is 4.72. The molecule has 0 heterocycles. The standard InChI is InChI=1S/C16H16O2/c1-16-7-6-9(8-16)12-13(16)15(18)11-5-3-2-4-10(11)14(12)17/h2-5,9,12-13H,6-8H2,1H3. The lowest BCUT2D eigenvalue weighted by Crippen LogP contribution is -2.43. The van der Waals surface area contributed by atoms with Gasteiger partial charge in [0.15, 0.2) is 11.6 Å². The van der Waals surface area contributed by atoms with Crippen LogP contribution in [0, 0.1) is 23.2 Å². The summed E-state index contributed by atoms with van der Waals surface area (Å²) in [6.45, 7) is 2.21. The number of ketones is 2. The number of benzene rings is 1. The SMILES string of the molecule is CC12CCC(C1)C1C(=O)c3ccccc3C(=O)C12. The van der Waals surface area contributed by atoms with E-state index in [-0.39, 0.29) is 28.8 Å². The molecule has 2 nitrogen and oxygen atoms in total. The monoisotopic (exact) mass is 240 g/mol. The molecule has 0 saturated heterocycles. The van der Waals surface area contributed by atoms with Gasteiger partial charge >= 0.3 is 0 Å². The molecule has 92 valence electrons. The summed E-state index contributed by atoms with van der Waals surface area (Å²) in [5, 5.41) is 0. The van der Waals surface area contributed by atoms with Gasteiger partial charge in [0, 0.05) is 23.0 Å². The van der Waals surface area contributed by atoms with Gasteiger partial charge in [-0.2, -0.15) is 0 Å². The maximum absolute atomic E-state index is 12.7. The van der Waals surface area contributed by atoms with Crippen molar-refractivity contribution < 1.29 is 9.59 Å². The van der Waals surface area contributed by atoms with E-state index in [1.54, 1.807) is 0 Å². The molecule has 3 aliphatic rings. The zero-order chi connectivity index (χ0) is 12.5. The van der Waals surface area contributed by atoms with Crippen LogP contribution in [-0.2, 0) is 0 Å². The molecule has 0 aliphatic heterocycles. The highest BCUT2D eigenvalue weighted by atomic mass is 16.1. The first-order valence-electron chi connectivity index (χ1n) is 6.79. The molecule has 0 amide bonds. The minimum atomic E-state index is -0.0429. The Morgan fingerprint density at radius 3 is 2.50 bits per heavy atom. The van der Waals surface area contributed by atoms with Crippen LogP contribution in [0.25, 0.3) is 0 Å². The fraction of sp³-hybridized carbons (Fsp3) is 0.500. The predicted molar refractivity (Wildman–Crippen MR) is 67.5 cm³/mol. The van der Waals surface area contributed by atoms with Crippen LogP contribution in [0.2, 0.25) is 0 Å². The van der Waals surface area contributed by atoms with Crippen molar-refractivity contribution >= 4 is 11.6 Å². The predicted octanol–water partition coefficient (Wildman–Crippen LogP) is 3.12. The molecule has 1 aromatic carbocycles. The molecule has 2 heteroatoms. The Balaban J connectivity index is 1.93. The van der Waals surface area contributed by atoms with Gasteiger partial charge in [-0.25, -0.2) is 0 Å². The molecule has 4 atom stereocenters. The lowest BCUT2D eigenvalue weighted by molar-refractivity contribution is 0.0573. The van der Waals surface area contributed by atoms with Crippen molar-refractivity contribution in [2.45, 2.75) is 26.2 Å². The van der Waals surface area contributed by atoms with Crippen molar-refractivity contribution in [2.24, 2.45) is 23.2 Å². The average Bonchev–Trinajstić information content (AvgIpc) is 2.89. The quantitative estimate of drug-likeness (QED) is 0.698. The maximum Gasteiger partial charge on any atom is 0.167 e. The molecule has 3 aliphatic carbocycles. The van der Waals surface area contributed by atoms with Gasteiger partial charge in [0.2, 0.25) is 0 Å². The third-order valence-corrected chi connectivity index (χ3v) is 5.48. The zero-order valence-electron chi connectivity index (χ0n) is 10.5. The summed E-state index contributed by atoms with van der Waals surface area (Å²) in [6, 6.07) is 7.36. The first-order chi connectivity index (χ1) is 8.62. The summed E-state index contributed by atoms with van der Waals surface area (Å²) >= 11 is 0. The maximum atomic E-state index is 12.7. The van der Waals surface area contributed by atoms with Crippen LogP contribution in [-0.4, -0.2) is 11.6 Å². The number of carbonyl (C=O) groups is 2. The zero-order valence-corrected chi connectivity index (χ0v) is 10.5. The average molecular weight is 240 g/mol. The Morgan fingerprint density at radius 1 is 1.11 bits per heavy atom. The Labute approximate surface area is 106 Å². The van der Waals surface area contributed by atoms with Crippen molar-refractivity contribution in [3.8, 4) is 0 Å². The van der Waals surface area contributed by atoms with E-state index in [4.69, 9.17) is 0 Å². The number of Topliss-reactive ketones (excluding diaryl/α,β-unsaturated/α-hetero) is 2. The van der Waals surface area contributed by atoms with Crippen LogP contribution in [0.15, 0.2) is 24.3 Å². The Kier molecular flexibility index (Phi) is 1.81. The highest BCUT2D eigenvalue weighted by molar-refractivity contribution is 6.16. The van der Waals surface area contributed by atoms with E-state index in [9.17, 15) is 9.59 Å². The highest BCUT2D eigenvalue weighted by Gasteiger charge is 2.62. The Morgan fingerprint density at radius 2 is 1.78 bits per heavy atom. The molecule has 0 aromatic heterocycles. The molecule has 1 aromatic rings. The van der Waals surface area contributed by atoms with Crippen LogP contribution < -0.4 is 0 Å². The Bertz CT molecular complexity index is 574. The van der Waals surface area contributed by atoms with Crippen LogP contribution in [0.5, 0.6) is 0 Å². The van der Waals surface area contributed by atoms with E-state index in [2.05, 4.69) is 6.92 Å². The van der Waals surface area contributed by atoms with Gasteiger partial charge in [-0.3, -0.25) is 9.59 Å². The Hall–Kier alpha value is -1.44. The van der Waals surface area contributed by atoms with Gasteiger partial charge < -0.3 is 0 Å². The van der Waals surface area contributed by atoms with E-state index in [1.807, 2.05) is 24.3 Å². The minimum Gasteiger partial charge on any atom is -0.294 e. The third-order valence-electron chi connectivity index (χ3n) is 5.48. The molecule has 4 unspecified atom stereocenters. The van der Waals surface area contributed by atoms with Gasteiger partial charge in [-0.15, -0.1) is 0 Å². The smallest absolute Gasteiger partial charge is 0.167 e. The van der Waals surface area contributed by atoms with Gasteiger partial charge in [-0.1, -0.05) is 31.2 Å². The van der Waals surface area contributed by atoms with Crippen molar-refractivity contribution in [2.75, 3.05) is 0 Å². The topological polar surface area (TPSA) is 34.1 Å². The second-order valence-corrected chi connectivity index (χ2v) is 6.43. The normalized spacial score (nSPS) is 40.8. The van der Waals surface area contributed by atoms with E-state index >= 15 is 0 Å². The lowest BCUT2D eigenvalue weighted by Gasteiger charge is -2.38. The van der Waals surface area contributed by atoms with Crippen LogP contribution >= 0.6 is 0 Å². The molecule has 18 heavy (non-hydrogen) atoms. The molecule has 0 spiro atoms. The third kappa shape index (κ3) is 1.05. The molecule has 2 saturated carbocycles. The van der Waals surface area contributed by atoms with Gasteiger partial charge in [0.1, 0.15) is 0 Å². The number of hydrogen-bond donors (Lipinski definition) is 0. The van der Waals surface area contributed by atoms with E-state index < -0.39 is 0 Å². The molecule has 4 rings (SSSR count). The van der Waals surface area contributed by atoms with Gasteiger partial charge in [-0.05, 0) is 30.6 Å². The second kappa shape index (κ2) is 3.11. The number of fused-ring (bicyclic) bond motifs is 6. The summed E-state index contributed by atoms with van der Waals surface area (Å²) < 4.78 is 0. The van der Waals surface area contributed by atoms with Crippen LogP contribution in [0.1, 0.15) is 46.9 Å². The first kappa shape index (κ1) is 10.5. The van der Waals surface area contributed by atoms with E-state index in [1.165, 1.54) is 0 Å². The summed E-state index contributed by atoms with van der Waals surface area (Å²) in [5.41, 5.74) is 1.41. The molecule has 2 bridgehead atoms. The van der Waals surface area contributed by atoms with Crippen molar-refractivity contribution in [3.63, 3.8) is 0 Å². The lowest BCUT2D eigenvalue weighted by atomic mass is 9.63. The minimum absolute atomic E-state index is 0.0221. The summed E-state index contributed by atoms with van der Waals surface area (Å²) in [6.07, 6.45) is 3.30. The molecule has 0 N–H and O–H groups in total. The summed E-state index contributed by atoms with van der Waals surface area (Å²) in [5.74, 6) is 0.832.